The van der Waals surface area contributed by atoms with Crippen LogP contribution >= 0.6 is 23.2 Å². The number of benzene rings is 2. The van der Waals surface area contributed by atoms with Gasteiger partial charge in [0.1, 0.15) is 23.4 Å². The zero-order valence-corrected chi connectivity index (χ0v) is 20.0. The minimum atomic E-state index is -0.431. The monoisotopic (exact) mass is 500 g/mol. The van der Waals surface area contributed by atoms with Crippen LogP contribution < -0.4 is 10.5 Å². The van der Waals surface area contributed by atoms with Crippen molar-refractivity contribution in [1.82, 2.24) is 14.8 Å². The van der Waals surface area contributed by atoms with E-state index in [1.807, 2.05) is 29.8 Å². The number of halogens is 3. The Morgan fingerprint density at radius 2 is 1.94 bits per heavy atom. The smallest absolute Gasteiger partial charge is 0.150 e. The van der Waals surface area contributed by atoms with Crippen LogP contribution in [0, 0.1) is 5.82 Å². The Balaban J connectivity index is 1.60. The van der Waals surface area contributed by atoms with E-state index in [0.29, 0.717) is 44.9 Å². The number of nitrogen functional groups attached to an aromatic ring is 1. The zero-order chi connectivity index (χ0) is 23.8. The van der Waals surface area contributed by atoms with E-state index < -0.39 is 6.10 Å². The second-order valence-electron chi connectivity index (χ2n) is 8.30. The summed E-state index contributed by atoms with van der Waals surface area (Å²) in [6.45, 7) is 2.54. The highest BCUT2D eigenvalue weighted by Gasteiger charge is 2.24. The molecule has 34 heavy (non-hydrogen) atoms. The summed E-state index contributed by atoms with van der Waals surface area (Å²) >= 11 is 12.6. The Kier molecular flexibility index (Phi) is 6.34. The van der Waals surface area contributed by atoms with Crippen LogP contribution in [0.5, 0.6) is 5.75 Å². The van der Waals surface area contributed by atoms with Crippen LogP contribution in [0.25, 0.3) is 22.2 Å². The van der Waals surface area contributed by atoms with Crippen molar-refractivity contribution in [3.63, 3.8) is 0 Å². The second kappa shape index (κ2) is 9.41. The molecule has 6 nitrogen and oxygen atoms in total. The van der Waals surface area contributed by atoms with Gasteiger partial charge in [-0.15, -0.1) is 0 Å². The predicted octanol–water partition coefficient (Wildman–Crippen LogP) is 6.97. The molecule has 2 aromatic carbocycles. The lowest BCUT2D eigenvalue weighted by Gasteiger charge is -2.23. The van der Waals surface area contributed by atoms with Gasteiger partial charge in [0.25, 0.3) is 0 Å². The minimum absolute atomic E-state index is 0.195. The van der Waals surface area contributed by atoms with E-state index >= 15 is 0 Å². The van der Waals surface area contributed by atoms with Gasteiger partial charge < -0.3 is 15.2 Å². The fourth-order valence-corrected chi connectivity index (χ4v) is 5.01. The summed E-state index contributed by atoms with van der Waals surface area (Å²) < 4.78 is 28.2. The molecule has 1 saturated heterocycles. The summed E-state index contributed by atoms with van der Waals surface area (Å²) in [4.78, 5) is 4.00. The second-order valence-corrected chi connectivity index (χ2v) is 9.12. The van der Waals surface area contributed by atoms with Gasteiger partial charge >= 0.3 is 0 Å². The zero-order valence-electron chi connectivity index (χ0n) is 18.5. The highest BCUT2D eigenvalue weighted by atomic mass is 35.5. The predicted molar refractivity (Wildman–Crippen MR) is 132 cm³/mol. The average molecular weight is 501 g/mol. The highest BCUT2D eigenvalue weighted by Crippen LogP contribution is 2.38. The van der Waals surface area contributed by atoms with Crippen LogP contribution in [0.2, 0.25) is 10.0 Å². The first-order chi connectivity index (χ1) is 16.4. The number of hydrogen-bond donors (Lipinski definition) is 1. The maximum absolute atomic E-state index is 14.1. The maximum atomic E-state index is 14.1. The first-order valence-electron chi connectivity index (χ1n) is 11.1. The van der Waals surface area contributed by atoms with E-state index in [9.17, 15) is 4.39 Å². The minimum Gasteiger partial charge on any atom is -0.486 e. The number of rotatable bonds is 5. The molecule has 3 heterocycles. The fourth-order valence-electron chi connectivity index (χ4n) is 4.33. The molecule has 2 unspecified atom stereocenters. The summed E-state index contributed by atoms with van der Waals surface area (Å²) in [6, 6.07) is 9.94. The van der Waals surface area contributed by atoms with E-state index in [1.54, 1.807) is 6.07 Å². The van der Waals surface area contributed by atoms with Gasteiger partial charge in [0, 0.05) is 41.2 Å². The van der Waals surface area contributed by atoms with E-state index in [1.165, 1.54) is 24.5 Å². The van der Waals surface area contributed by atoms with Gasteiger partial charge in [-0.3, -0.25) is 4.98 Å². The van der Waals surface area contributed by atoms with E-state index in [0.717, 1.165) is 30.2 Å². The molecule has 1 fully saturated rings. The van der Waals surface area contributed by atoms with Crippen molar-refractivity contribution >= 4 is 39.8 Å². The Hall–Kier alpha value is -2.87. The SMILES string of the molecule is CC(Oc1ccc2c(c1)c(-c1cc(F)ccc1N)nn2C1CCCCO1)c1c(Cl)cncc1Cl. The van der Waals surface area contributed by atoms with E-state index in [-0.39, 0.29) is 12.0 Å². The molecule has 0 amide bonds. The average Bonchev–Trinajstić information content (AvgIpc) is 3.20. The third-order valence-electron chi connectivity index (χ3n) is 5.99. The summed E-state index contributed by atoms with van der Waals surface area (Å²) in [5.74, 6) is 0.202. The molecule has 1 aliphatic heterocycles. The molecule has 0 radical (unpaired) electrons. The maximum Gasteiger partial charge on any atom is 0.150 e. The van der Waals surface area contributed by atoms with Crippen LogP contribution in [0.15, 0.2) is 48.8 Å². The van der Waals surface area contributed by atoms with Gasteiger partial charge in [-0.05, 0) is 62.6 Å². The normalized spacial score (nSPS) is 17.1. The van der Waals surface area contributed by atoms with Gasteiger partial charge in [-0.2, -0.15) is 5.10 Å². The molecule has 0 spiro atoms. The molecule has 9 heteroatoms. The molecule has 0 bridgehead atoms. The molecule has 4 aromatic rings. The van der Waals surface area contributed by atoms with Crippen LogP contribution in [-0.4, -0.2) is 21.4 Å². The molecule has 0 saturated carbocycles. The number of fused-ring (bicyclic) bond motifs is 1. The van der Waals surface area contributed by atoms with Crippen molar-refractivity contribution in [2.24, 2.45) is 0 Å². The highest BCUT2D eigenvalue weighted by molar-refractivity contribution is 6.35. The van der Waals surface area contributed by atoms with Crippen LogP contribution in [0.4, 0.5) is 10.1 Å². The van der Waals surface area contributed by atoms with Crippen molar-refractivity contribution in [2.45, 2.75) is 38.5 Å². The Bertz CT molecular complexity index is 1330. The first-order valence-corrected chi connectivity index (χ1v) is 11.8. The Morgan fingerprint density at radius 1 is 1.15 bits per heavy atom. The third kappa shape index (κ3) is 4.31. The lowest BCUT2D eigenvalue weighted by Crippen LogP contribution is -2.19. The van der Waals surface area contributed by atoms with Crippen molar-refractivity contribution in [2.75, 3.05) is 12.3 Å². The third-order valence-corrected chi connectivity index (χ3v) is 6.59. The van der Waals surface area contributed by atoms with Crippen LogP contribution in [0.1, 0.15) is 44.1 Å². The number of aromatic nitrogens is 3. The van der Waals surface area contributed by atoms with Gasteiger partial charge in [0.15, 0.2) is 6.23 Å². The molecule has 5 rings (SSSR count). The molecule has 0 aliphatic carbocycles. The van der Waals surface area contributed by atoms with Gasteiger partial charge in [-0.25, -0.2) is 9.07 Å². The number of ether oxygens (including phenoxy) is 2. The molecule has 176 valence electrons. The lowest BCUT2D eigenvalue weighted by atomic mass is 10.1. The number of nitrogens with zero attached hydrogens (tertiary/aromatic N) is 3. The summed E-state index contributed by atoms with van der Waals surface area (Å²) in [5, 5.41) is 6.47. The molecule has 1 aliphatic rings. The number of nitrogens with two attached hydrogens (primary N) is 1. The molecule has 2 N–H and O–H groups in total. The summed E-state index contributed by atoms with van der Waals surface area (Å²) in [5.41, 5.74) is 9.24. The molecule has 2 atom stereocenters. The van der Waals surface area contributed by atoms with Crippen molar-refractivity contribution in [3.8, 4) is 17.0 Å². The lowest BCUT2D eigenvalue weighted by molar-refractivity contribution is -0.0365. The Morgan fingerprint density at radius 3 is 2.68 bits per heavy atom. The van der Waals surface area contributed by atoms with Gasteiger partial charge in [0.05, 0.1) is 15.6 Å². The fraction of sp³-hybridized carbons (Fsp3) is 0.280. The quantitative estimate of drug-likeness (QED) is 0.299. The molecular formula is C25H23Cl2FN4O2. The topological polar surface area (TPSA) is 75.2 Å². The summed E-state index contributed by atoms with van der Waals surface area (Å²) in [6.07, 6.45) is 5.36. The van der Waals surface area contributed by atoms with E-state index in [2.05, 4.69) is 4.98 Å². The van der Waals surface area contributed by atoms with Crippen molar-refractivity contribution < 1.29 is 13.9 Å². The van der Waals surface area contributed by atoms with Crippen LogP contribution in [-0.2, 0) is 4.74 Å². The largest absolute Gasteiger partial charge is 0.486 e. The van der Waals surface area contributed by atoms with Crippen molar-refractivity contribution in [1.29, 1.82) is 0 Å². The first kappa shape index (κ1) is 22.9. The number of anilines is 1. The number of hydrogen-bond acceptors (Lipinski definition) is 5. The standard InChI is InChI=1S/C25H23Cl2FN4O2/c1-14(24-19(26)12-30-13-20(24)27)34-16-6-8-22-18(11-16)25(17-10-15(28)5-7-21(17)29)31-32(22)23-4-2-3-9-33-23/h5-8,10-14,23H,2-4,9,29H2,1H3. The van der Waals surface area contributed by atoms with Gasteiger partial charge in [-0.1, -0.05) is 23.2 Å². The summed E-state index contributed by atoms with van der Waals surface area (Å²) in [7, 11) is 0. The van der Waals surface area contributed by atoms with Crippen molar-refractivity contribution in [3.05, 3.63) is 70.2 Å². The molecular weight excluding hydrogens is 478 g/mol. The Labute approximate surface area is 206 Å². The van der Waals surface area contributed by atoms with E-state index in [4.69, 9.17) is 43.5 Å². The number of pyridine rings is 1. The van der Waals surface area contributed by atoms with Crippen LogP contribution in [0.3, 0.4) is 0 Å². The van der Waals surface area contributed by atoms with Gasteiger partial charge in [0.2, 0.25) is 0 Å². The molecule has 2 aromatic heterocycles.